The number of rotatable bonds is 4. The number of benzene rings is 2. The lowest BCUT2D eigenvalue weighted by molar-refractivity contribution is -0.121. The highest BCUT2D eigenvalue weighted by Gasteiger charge is 2.34. The summed E-state index contributed by atoms with van der Waals surface area (Å²) in [6.07, 6.45) is 1.09. The van der Waals surface area contributed by atoms with Gasteiger partial charge in [-0.3, -0.25) is 4.79 Å². The number of methoxy groups -OCH3 is 1. The van der Waals surface area contributed by atoms with Crippen LogP contribution in [0.4, 0.5) is 0 Å². The van der Waals surface area contributed by atoms with Crippen molar-refractivity contribution in [2.75, 3.05) is 7.11 Å². The van der Waals surface area contributed by atoms with Crippen molar-refractivity contribution in [2.45, 2.75) is 45.3 Å². The molecule has 25 heavy (non-hydrogen) atoms. The Morgan fingerprint density at radius 1 is 1.24 bits per heavy atom. The van der Waals surface area contributed by atoms with E-state index in [2.05, 4.69) is 5.32 Å². The standard InChI is InChI=1S/C21H25NO3/c1-14-5-7-15(8-6-14)11-20(23)22-18-13-21(2,3)25-19-10-9-16(24-4)12-17(18)19/h5-10,12,18H,11,13H2,1-4H3,(H,22,23)/t18-/m0/s1. The van der Waals surface area contributed by atoms with Crippen LogP contribution in [0.2, 0.25) is 0 Å². The van der Waals surface area contributed by atoms with Gasteiger partial charge in [-0.15, -0.1) is 0 Å². The molecule has 1 aliphatic heterocycles. The third kappa shape index (κ3) is 4.13. The van der Waals surface area contributed by atoms with E-state index in [9.17, 15) is 4.79 Å². The van der Waals surface area contributed by atoms with Crippen LogP contribution in [0.3, 0.4) is 0 Å². The van der Waals surface area contributed by atoms with Gasteiger partial charge < -0.3 is 14.8 Å². The Bertz CT molecular complexity index is 765. The Morgan fingerprint density at radius 3 is 2.64 bits per heavy atom. The summed E-state index contributed by atoms with van der Waals surface area (Å²) in [4.78, 5) is 12.6. The first-order valence-corrected chi connectivity index (χ1v) is 8.58. The van der Waals surface area contributed by atoms with E-state index in [1.54, 1.807) is 7.11 Å². The van der Waals surface area contributed by atoms with E-state index < -0.39 is 0 Å². The number of carbonyl (C=O) groups excluding carboxylic acids is 1. The Labute approximate surface area is 149 Å². The van der Waals surface area contributed by atoms with Gasteiger partial charge in [-0.2, -0.15) is 0 Å². The summed E-state index contributed by atoms with van der Waals surface area (Å²) in [7, 11) is 1.64. The summed E-state index contributed by atoms with van der Waals surface area (Å²) in [5, 5.41) is 3.17. The summed E-state index contributed by atoms with van der Waals surface area (Å²) in [6.45, 7) is 6.12. The first kappa shape index (κ1) is 17.3. The number of ether oxygens (including phenoxy) is 2. The van der Waals surface area contributed by atoms with Crippen molar-refractivity contribution in [3.63, 3.8) is 0 Å². The van der Waals surface area contributed by atoms with Crippen LogP contribution in [-0.2, 0) is 11.2 Å². The van der Waals surface area contributed by atoms with Crippen LogP contribution in [0.1, 0.15) is 43.0 Å². The van der Waals surface area contributed by atoms with Gasteiger partial charge in [0, 0.05) is 12.0 Å². The molecule has 0 aromatic heterocycles. The minimum atomic E-state index is -0.330. The van der Waals surface area contributed by atoms with Crippen molar-refractivity contribution in [3.8, 4) is 11.5 Å². The molecule has 1 N–H and O–H groups in total. The molecule has 1 amide bonds. The molecule has 132 valence electrons. The summed E-state index contributed by atoms with van der Waals surface area (Å²) in [6, 6.07) is 13.7. The predicted molar refractivity (Wildman–Crippen MR) is 98.1 cm³/mol. The molecular weight excluding hydrogens is 314 g/mol. The van der Waals surface area contributed by atoms with Crippen LogP contribution in [0.25, 0.3) is 0 Å². The van der Waals surface area contributed by atoms with Gasteiger partial charge in [0.2, 0.25) is 5.91 Å². The zero-order valence-electron chi connectivity index (χ0n) is 15.3. The van der Waals surface area contributed by atoms with Crippen LogP contribution >= 0.6 is 0 Å². The van der Waals surface area contributed by atoms with Crippen LogP contribution in [0.15, 0.2) is 42.5 Å². The number of carbonyl (C=O) groups is 1. The molecule has 2 aromatic rings. The van der Waals surface area contributed by atoms with Gasteiger partial charge in [-0.05, 0) is 44.5 Å². The fourth-order valence-corrected chi connectivity index (χ4v) is 3.23. The van der Waals surface area contributed by atoms with E-state index in [-0.39, 0.29) is 17.6 Å². The molecule has 0 saturated heterocycles. The molecule has 1 atom stereocenters. The summed E-state index contributed by atoms with van der Waals surface area (Å²) >= 11 is 0. The van der Waals surface area contributed by atoms with Gasteiger partial charge in [0.15, 0.2) is 0 Å². The fourth-order valence-electron chi connectivity index (χ4n) is 3.23. The first-order valence-electron chi connectivity index (χ1n) is 8.58. The molecule has 4 heteroatoms. The lowest BCUT2D eigenvalue weighted by Crippen LogP contribution is -2.41. The Hall–Kier alpha value is -2.49. The zero-order chi connectivity index (χ0) is 18.0. The second-order valence-corrected chi connectivity index (χ2v) is 7.25. The number of hydrogen-bond acceptors (Lipinski definition) is 3. The summed E-state index contributed by atoms with van der Waals surface area (Å²) in [5.74, 6) is 1.58. The van der Waals surface area contributed by atoms with Crippen molar-refractivity contribution in [1.82, 2.24) is 5.32 Å². The smallest absolute Gasteiger partial charge is 0.224 e. The average molecular weight is 339 g/mol. The maximum atomic E-state index is 12.6. The SMILES string of the molecule is COc1ccc2c(c1)[C@@H](NC(=O)Cc1ccc(C)cc1)CC(C)(C)O2. The molecule has 0 spiro atoms. The lowest BCUT2D eigenvalue weighted by atomic mass is 9.89. The number of aryl methyl sites for hydroxylation is 1. The Balaban J connectivity index is 1.79. The summed E-state index contributed by atoms with van der Waals surface area (Å²) < 4.78 is 11.4. The topological polar surface area (TPSA) is 47.6 Å². The van der Waals surface area contributed by atoms with Gasteiger partial charge in [0.1, 0.15) is 17.1 Å². The normalized spacial score (nSPS) is 18.0. The maximum absolute atomic E-state index is 12.6. The van der Waals surface area contributed by atoms with Gasteiger partial charge in [-0.1, -0.05) is 29.8 Å². The van der Waals surface area contributed by atoms with Crippen molar-refractivity contribution in [1.29, 1.82) is 0 Å². The van der Waals surface area contributed by atoms with Gasteiger partial charge >= 0.3 is 0 Å². The fraction of sp³-hybridized carbons (Fsp3) is 0.381. The largest absolute Gasteiger partial charge is 0.497 e. The molecule has 0 bridgehead atoms. The second-order valence-electron chi connectivity index (χ2n) is 7.25. The Morgan fingerprint density at radius 2 is 1.96 bits per heavy atom. The van der Waals surface area contributed by atoms with Crippen LogP contribution in [0, 0.1) is 6.92 Å². The molecule has 1 heterocycles. The average Bonchev–Trinajstić information content (AvgIpc) is 2.55. The highest BCUT2D eigenvalue weighted by Crippen LogP contribution is 2.41. The first-order chi connectivity index (χ1) is 11.9. The van der Waals surface area contributed by atoms with Gasteiger partial charge in [0.05, 0.1) is 19.6 Å². The molecule has 0 saturated carbocycles. The molecule has 0 fully saturated rings. The minimum Gasteiger partial charge on any atom is -0.497 e. The lowest BCUT2D eigenvalue weighted by Gasteiger charge is -2.38. The van der Waals surface area contributed by atoms with E-state index in [0.29, 0.717) is 12.8 Å². The summed E-state index contributed by atoms with van der Waals surface area (Å²) in [5.41, 5.74) is 2.84. The molecule has 0 aliphatic carbocycles. The zero-order valence-corrected chi connectivity index (χ0v) is 15.3. The molecule has 1 aliphatic rings. The van der Waals surface area contributed by atoms with Crippen molar-refractivity contribution < 1.29 is 14.3 Å². The highest BCUT2D eigenvalue weighted by molar-refractivity contribution is 5.79. The van der Waals surface area contributed by atoms with Crippen LogP contribution in [-0.4, -0.2) is 18.6 Å². The monoisotopic (exact) mass is 339 g/mol. The number of hydrogen-bond donors (Lipinski definition) is 1. The van der Waals surface area contributed by atoms with Crippen LogP contribution in [0.5, 0.6) is 11.5 Å². The number of nitrogens with one attached hydrogen (secondary N) is 1. The third-order valence-electron chi connectivity index (χ3n) is 4.49. The Kier molecular flexibility index (Phi) is 4.71. The van der Waals surface area contributed by atoms with E-state index in [1.807, 2.05) is 63.2 Å². The van der Waals surface area contributed by atoms with Crippen LogP contribution < -0.4 is 14.8 Å². The van der Waals surface area contributed by atoms with E-state index in [0.717, 1.165) is 22.6 Å². The number of amides is 1. The molecule has 0 radical (unpaired) electrons. The van der Waals surface area contributed by atoms with E-state index in [1.165, 1.54) is 5.56 Å². The van der Waals surface area contributed by atoms with E-state index in [4.69, 9.17) is 9.47 Å². The molecular formula is C21H25NO3. The molecule has 2 aromatic carbocycles. The maximum Gasteiger partial charge on any atom is 0.224 e. The quantitative estimate of drug-likeness (QED) is 0.917. The van der Waals surface area contributed by atoms with Gasteiger partial charge in [-0.25, -0.2) is 0 Å². The molecule has 4 nitrogen and oxygen atoms in total. The predicted octanol–water partition coefficient (Wildman–Crippen LogP) is 3.96. The number of fused-ring (bicyclic) bond motifs is 1. The van der Waals surface area contributed by atoms with Crippen molar-refractivity contribution >= 4 is 5.91 Å². The molecule has 3 rings (SSSR count). The second kappa shape index (κ2) is 6.79. The van der Waals surface area contributed by atoms with Gasteiger partial charge in [0.25, 0.3) is 0 Å². The highest BCUT2D eigenvalue weighted by atomic mass is 16.5. The third-order valence-corrected chi connectivity index (χ3v) is 4.49. The van der Waals surface area contributed by atoms with E-state index >= 15 is 0 Å². The molecule has 0 unspecified atom stereocenters. The minimum absolute atomic E-state index is 0.0142. The van der Waals surface area contributed by atoms with Crippen molar-refractivity contribution in [3.05, 3.63) is 59.2 Å². The van der Waals surface area contributed by atoms with Crippen molar-refractivity contribution in [2.24, 2.45) is 0 Å².